The maximum Gasteiger partial charge on any atom is 0.251 e. The quantitative estimate of drug-likeness (QED) is 0.441. The second kappa shape index (κ2) is 9.49. The van der Waals surface area contributed by atoms with Gasteiger partial charge in [0.2, 0.25) is 0 Å². The molecule has 3 rings (SSSR count). The van der Waals surface area contributed by atoms with Crippen LogP contribution in [-0.2, 0) is 5.75 Å². The molecular formula is C21H19BrClNO2S. The minimum absolute atomic E-state index is 0.106. The van der Waals surface area contributed by atoms with Crippen molar-refractivity contribution in [3.63, 3.8) is 0 Å². The molecule has 0 saturated carbocycles. The van der Waals surface area contributed by atoms with Gasteiger partial charge in [-0.25, -0.2) is 0 Å². The zero-order valence-corrected chi connectivity index (χ0v) is 18.0. The van der Waals surface area contributed by atoms with Gasteiger partial charge in [0.15, 0.2) is 0 Å². The van der Waals surface area contributed by atoms with Crippen LogP contribution in [0.4, 0.5) is 0 Å². The first kappa shape index (κ1) is 20.1. The fourth-order valence-electron chi connectivity index (χ4n) is 2.83. The second-order valence-corrected chi connectivity index (χ2v) is 8.39. The van der Waals surface area contributed by atoms with E-state index in [9.17, 15) is 4.79 Å². The number of amides is 1. The molecule has 0 atom stereocenters. The van der Waals surface area contributed by atoms with E-state index in [1.165, 1.54) is 16.3 Å². The van der Waals surface area contributed by atoms with Crippen molar-refractivity contribution in [2.24, 2.45) is 0 Å². The van der Waals surface area contributed by atoms with Crippen molar-refractivity contribution in [2.75, 3.05) is 19.4 Å². The lowest BCUT2D eigenvalue weighted by atomic mass is 10.0. The standard InChI is InChI=1S/C21H19BrClNO2S/c1-26-20-8-5-14-11-16(22)6-7-18(14)19(20)13-27-10-9-24-21(25)15-3-2-4-17(23)12-15/h2-8,11-12H,9-10,13H2,1H3,(H,24,25). The first-order chi connectivity index (χ1) is 13.1. The Morgan fingerprint density at radius 1 is 1.19 bits per heavy atom. The monoisotopic (exact) mass is 463 g/mol. The fraction of sp³-hybridized carbons (Fsp3) is 0.190. The molecule has 0 aromatic heterocycles. The largest absolute Gasteiger partial charge is 0.496 e. The van der Waals surface area contributed by atoms with E-state index in [1.54, 1.807) is 43.1 Å². The molecule has 6 heteroatoms. The third-order valence-electron chi connectivity index (χ3n) is 4.14. The Morgan fingerprint density at radius 3 is 2.81 bits per heavy atom. The Hall–Kier alpha value is -1.69. The topological polar surface area (TPSA) is 38.3 Å². The molecule has 1 amide bonds. The number of fused-ring (bicyclic) bond motifs is 1. The maximum absolute atomic E-state index is 12.1. The number of halogens is 2. The van der Waals surface area contributed by atoms with Crippen molar-refractivity contribution in [3.8, 4) is 5.75 Å². The van der Waals surface area contributed by atoms with E-state index in [0.717, 1.165) is 21.7 Å². The number of carbonyl (C=O) groups excluding carboxylic acids is 1. The summed E-state index contributed by atoms with van der Waals surface area (Å²) in [5, 5.41) is 5.86. The normalized spacial score (nSPS) is 10.8. The highest BCUT2D eigenvalue weighted by atomic mass is 79.9. The van der Waals surface area contributed by atoms with E-state index >= 15 is 0 Å². The number of nitrogens with one attached hydrogen (secondary N) is 1. The number of benzene rings is 3. The minimum Gasteiger partial charge on any atom is -0.496 e. The SMILES string of the molecule is COc1ccc2cc(Br)ccc2c1CSCCNC(=O)c1cccc(Cl)c1. The van der Waals surface area contributed by atoms with Crippen LogP contribution in [0.5, 0.6) is 5.75 Å². The summed E-state index contributed by atoms with van der Waals surface area (Å²) in [5.41, 5.74) is 1.75. The summed E-state index contributed by atoms with van der Waals surface area (Å²) in [7, 11) is 1.69. The van der Waals surface area contributed by atoms with Crippen LogP contribution >= 0.6 is 39.3 Å². The minimum atomic E-state index is -0.106. The molecule has 3 nitrogen and oxygen atoms in total. The Balaban J connectivity index is 1.58. The molecule has 1 N–H and O–H groups in total. The highest BCUT2D eigenvalue weighted by molar-refractivity contribution is 9.10. The van der Waals surface area contributed by atoms with Crippen LogP contribution in [0.2, 0.25) is 5.02 Å². The first-order valence-corrected chi connectivity index (χ1v) is 10.8. The van der Waals surface area contributed by atoms with Crippen LogP contribution in [0.15, 0.2) is 59.1 Å². The lowest BCUT2D eigenvalue weighted by molar-refractivity contribution is 0.0956. The number of thioether (sulfide) groups is 1. The third kappa shape index (κ3) is 5.18. The summed E-state index contributed by atoms with van der Waals surface area (Å²) in [5.74, 6) is 2.41. The lowest BCUT2D eigenvalue weighted by Gasteiger charge is -2.12. The molecule has 3 aromatic rings. The summed E-state index contributed by atoms with van der Waals surface area (Å²) in [6.07, 6.45) is 0. The van der Waals surface area contributed by atoms with Gasteiger partial charge in [-0.15, -0.1) is 0 Å². The van der Waals surface area contributed by atoms with Crippen LogP contribution in [-0.4, -0.2) is 25.3 Å². The van der Waals surface area contributed by atoms with Crippen molar-refractivity contribution < 1.29 is 9.53 Å². The highest BCUT2D eigenvalue weighted by Crippen LogP contribution is 2.32. The van der Waals surface area contributed by atoms with E-state index in [4.69, 9.17) is 16.3 Å². The van der Waals surface area contributed by atoms with E-state index in [-0.39, 0.29) is 5.91 Å². The van der Waals surface area contributed by atoms with Crippen LogP contribution in [0.25, 0.3) is 10.8 Å². The third-order valence-corrected chi connectivity index (χ3v) is 5.85. The average molecular weight is 465 g/mol. The molecule has 0 aliphatic heterocycles. The Morgan fingerprint density at radius 2 is 2.04 bits per heavy atom. The van der Waals surface area contributed by atoms with Gasteiger partial charge in [0.25, 0.3) is 5.91 Å². The predicted octanol–water partition coefficient (Wildman–Crippen LogP) is 5.93. The Bertz CT molecular complexity index is 964. The smallest absolute Gasteiger partial charge is 0.251 e. The molecule has 140 valence electrons. The Labute approximate surface area is 176 Å². The molecule has 0 spiro atoms. The van der Waals surface area contributed by atoms with Crippen molar-refractivity contribution >= 4 is 56.0 Å². The first-order valence-electron chi connectivity index (χ1n) is 8.45. The van der Waals surface area contributed by atoms with Gasteiger partial charge < -0.3 is 10.1 Å². The molecule has 0 aliphatic rings. The van der Waals surface area contributed by atoms with Gasteiger partial charge in [0.05, 0.1) is 7.11 Å². The van der Waals surface area contributed by atoms with Gasteiger partial charge in [0, 0.05) is 38.7 Å². The molecule has 0 fully saturated rings. The highest BCUT2D eigenvalue weighted by Gasteiger charge is 2.10. The maximum atomic E-state index is 12.1. The predicted molar refractivity (Wildman–Crippen MR) is 118 cm³/mol. The fourth-order valence-corrected chi connectivity index (χ4v) is 4.29. The Kier molecular flexibility index (Phi) is 7.05. The average Bonchev–Trinajstić information content (AvgIpc) is 2.67. The molecular weight excluding hydrogens is 446 g/mol. The molecule has 0 bridgehead atoms. The zero-order chi connectivity index (χ0) is 19.2. The molecule has 27 heavy (non-hydrogen) atoms. The van der Waals surface area contributed by atoms with Gasteiger partial charge in [-0.1, -0.05) is 45.7 Å². The van der Waals surface area contributed by atoms with Gasteiger partial charge in [-0.05, 0) is 47.2 Å². The summed E-state index contributed by atoms with van der Waals surface area (Å²) in [4.78, 5) is 12.1. The number of hydrogen-bond acceptors (Lipinski definition) is 3. The van der Waals surface area contributed by atoms with Crippen molar-refractivity contribution in [2.45, 2.75) is 5.75 Å². The van der Waals surface area contributed by atoms with Crippen molar-refractivity contribution in [1.82, 2.24) is 5.32 Å². The number of carbonyl (C=O) groups is 1. The summed E-state index contributed by atoms with van der Waals surface area (Å²) in [6, 6.07) is 17.3. The van der Waals surface area contributed by atoms with E-state index in [1.807, 2.05) is 12.1 Å². The van der Waals surface area contributed by atoms with E-state index < -0.39 is 0 Å². The lowest BCUT2D eigenvalue weighted by Crippen LogP contribution is -2.25. The van der Waals surface area contributed by atoms with Crippen LogP contribution in [0, 0.1) is 0 Å². The van der Waals surface area contributed by atoms with E-state index in [2.05, 4.69) is 39.4 Å². The number of ether oxygens (including phenoxy) is 1. The van der Waals surface area contributed by atoms with Gasteiger partial charge in [-0.2, -0.15) is 11.8 Å². The van der Waals surface area contributed by atoms with Crippen molar-refractivity contribution in [3.05, 3.63) is 75.2 Å². The molecule has 0 saturated heterocycles. The number of methoxy groups -OCH3 is 1. The summed E-state index contributed by atoms with van der Waals surface area (Å²) >= 11 is 11.2. The van der Waals surface area contributed by atoms with Gasteiger partial charge in [0.1, 0.15) is 5.75 Å². The number of rotatable bonds is 7. The molecule has 0 unspecified atom stereocenters. The van der Waals surface area contributed by atoms with Crippen LogP contribution in [0.1, 0.15) is 15.9 Å². The molecule has 0 aliphatic carbocycles. The van der Waals surface area contributed by atoms with Crippen molar-refractivity contribution in [1.29, 1.82) is 0 Å². The summed E-state index contributed by atoms with van der Waals surface area (Å²) < 4.78 is 6.60. The van der Waals surface area contributed by atoms with Gasteiger partial charge >= 0.3 is 0 Å². The molecule has 3 aromatic carbocycles. The molecule has 0 heterocycles. The van der Waals surface area contributed by atoms with Crippen LogP contribution in [0.3, 0.4) is 0 Å². The van der Waals surface area contributed by atoms with Gasteiger partial charge in [-0.3, -0.25) is 4.79 Å². The van der Waals surface area contributed by atoms with E-state index in [0.29, 0.717) is 17.1 Å². The molecule has 0 radical (unpaired) electrons. The zero-order valence-electron chi connectivity index (χ0n) is 14.8. The second-order valence-electron chi connectivity index (χ2n) is 5.93. The number of hydrogen-bond donors (Lipinski definition) is 1. The van der Waals surface area contributed by atoms with Crippen LogP contribution < -0.4 is 10.1 Å². The summed E-state index contributed by atoms with van der Waals surface area (Å²) in [6.45, 7) is 0.592.